The molecular formula is C6H7BrO2. The van der Waals surface area contributed by atoms with E-state index in [1.54, 1.807) is 12.2 Å². The first-order valence-corrected chi connectivity index (χ1v) is 3.19. The van der Waals surface area contributed by atoms with Crippen LogP contribution in [0, 0.1) is 0 Å². The molecule has 0 atom stereocenters. The lowest BCUT2D eigenvalue weighted by Gasteiger charge is -1.83. The highest BCUT2D eigenvalue weighted by atomic mass is 79.9. The summed E-state index contributed by atoms with van der Waals surface area (Å²) in [7, 11) is 0. The van der Waals surface area contributed by atoms with Gasteiger partial charge in [-0.2, -0.15) is 0 Å². The summed E-state index contributed by atoms with van der Waals surface area (Å²) in [6.07, 6.45) is 4.88. The average Bonchev–Trinajstić information content (AvgIpc) is 1.82. The van der Waals surface area contributed by atoms with Crippen LogP contribution in [0.2, 0.25) is 0 Å². The minimum atomic E-state index is -0.951. The number of hydrogen-bond acceptors (Lipinski definition) is 1. The zero-order chi connectivity index (χ0) is 7.28. The highest BCUT2D eigenvalue weighted by molar-refractivity contribution is 9.12. The third-order valence-electron chi connectivity index (χ3n) is 0.639. The quantitative estimate of drug-likeness (QED) is 0.534. The molecule has 0 aliphatic carbocycles. The van der Waals surface area contributed by atoms with Crippen molar-refractivity contribution in [1.82, 2.24) is 0 Å². The Bertz CT molecular complexity index is 158. The fourth-order valence-electron chi connectivity index (χ4n) is 0.252. The molecule has 0 saturated heterocycles. The smallest absolute Gasteiger partial charge is 0.342 e. The molecule has 0 bridgehead atoms. The Balaban J connectivity index is 4.00. The van der Waals surface area contributed by atoms with Gasteiger partial charge in [0.25, 0.3) is 0 Å². The van der Waals surface area contributed by atoms with Gasteiger partial charge < -0.3 is 5.11 Å². The molecule has 0 heterocycles. The molecular weight excluding hydrogens is 184 g/mol. The summed E-state index contributed by atoms with van der Waals surface area (Å²) >= 11 is 2.85. The van der Waals surface area contributed by atoms with Crippen LogP contribution in [0.5, 0.6) is 0 Å². The van der Waals surface area contributed by atoms with E-state index in [0.717, 1.165) is 0 Å². The van der Waals surface area contributed by atoms with Gasteiger partial charge in [0.1, 0.15) is 4.48 Å². The Labute approximate surface area is 62.0 Å². The topological polar surface area (TPSA) is 37.3 Å². The highest BCUT2D eigenvalue weighted by Crippen LogP contribution is 2.03. The predicted molar refractivity (Wildman–Crippen MR) is 39.5 cm³/mol. The Kier molecular flexibility index (Phi) is 4.05. The first-order valence-electron chi connectivity index (χ1n) is 2.40. The van der Waals surface area contributed by atoms with Crippen molar-refractivity contribution in [3.63, 3.8) is 0 Å². The number of carbonyl (C=O) groups is 1. The lowest BCUT2D eigenvalue weighted by Crippen LogP contribution is -1.91. The van der Waals surface area contributed by atoms with Gasteiger partial charge in [-0.3, -0.25) is 0 Å². The van der Waals surface area contributed by atoms with Crippen LogP contribution in [0.1, 0.15) is 6.92 Å². The summed E-state index contributed by atoms with van der Waals surface area (Å²) in [4.78, 5) is 10.1. The summed E-state index contributed by atoms with van der Waals surface area (Å²) in [5, 5.41) is 8.26. The first kappa shape index (κ1) is 8.43. The number of halogens is 1. The molecule has 0 radical (unpaired) electrons. The van der Waals surface area contributed by atoms with Gasteiger partial charge in [0.15, 0.2) is 0 Å². The molecule has 0 aromatic heterocycles. The molecule has 3 heteroatoms. The molecule has 0 unspecified atom stereocenters. The SMILES string of the molecule is CC=CC=C(Br)C(=O)O. The van der Waals surface area contributed by atoms with Crippen LogP contribution in [0.3, 0.4) is 0 Å². The third-order valence-corrected chi connectivity index (χ3v) is 1.24. The van der Waals surface area contributed by atoms with Crippen LogP contribution in [-0.2, 0) is 4.79 Å². The summed E-state index contributed by atoms with van der Waals surface area (Å²) in [6.45, 7) is 1.82. The maximum atomic E-state index is 10.1. The van der Waals surface area contributed by atoms with Crippen molar-refractivity contribution in [2.75, 3.05) is 0 Å². The van der Waals surface area contributed by atoms with Crippen LogP contribution >= 0.6 is 15.9 Å². The monoisotopic (exact) mass is 190 g/mol. The Morgan fingerprint density at radius 1 is 1.67 bits per heavy atom. The maximum absolute atomic E-state index is 10.1. The molecule has 0 aliphatic rings. The van der Waals surface area contributed by atoms with E-state index in [0.29, 0.717) is 0 Å². The van der Waals surface area contributed by atoms with Crippen molar-refractivity contribution >= 4 is 21.9 Å². The molecule has 9 heavy (non-hydrogen) atoms. The van der Waals surface area contributed by atoms with E-state index in [-0.39, 0.29) is 4.48 Å². The summed E-state index contributed by atoms with van der Waals surface area (Å²) in [5.41, 5.74) is 0. The standard InChI is InChI=1S/C6H7BrO2/c1-2-3-4-5(7)6(8)9/h2-4H,1H3,(H,8,9). The van der Waals surface area contributed by atoms with E-state index < -0.39 is 5.97 Å². The molecule has 0 aliphatic heterocycles. The maximum Gasteiger partial charge on any atom is 0.342 e. The number of carboxylic acids is 1. The van der Waals surface area contributed by atoms with Crippen molar-refractivity contribution in [3.8, 4) is 0 Å². The van der Waals surface area contributed by atoms with Crippen molar-refractivity contribution in [3.05, 3.63) is 22.7 Å². The van der Waals surface area contributed by atoms with Crippen LogP contribution in [0.4, 0.5) is 0 Å². The third kappa shape index (κ3) is 3.97. The number of carboxylic acid groups (broad SMARTS) is 1. The second-order valence-electron chi connectivity index (χ2n) is 1.35. The number of aliphatic carboxylic acids is 1. The molecule has 0 amide bonds. The number of rotatable bonds is 2. The summed E-state index contributed by atoms with van der Waals surface area (Å²) in [5.74, 6) is -0.951. The molecule has 1 N–H and O–H groups in total. The van der Waals surface area contributed by atoms with Gasteiger partial charge in [0, 0.05) is 0 Å². The normalized spacial score (nSPS) is 12.4. The van der Waals surface area contributed by atoms with Crippen LogP contribution in [-0.4, -0.2) is 11.1 Å². The molecule has 0 spiro atoms. The molecule has 2 nitrogen and oxygen atoms in total. The van der Waals surface area contributed by atoms with Crippen LogP contribution in [0.25, 0.3) is 0 Å². The zero-order valence-corrected chi connectivity index (χ0v) is 6.55. The van der Waals surface area contributed by atoms with Crippen molar-refractivity contribution in [2.45, 2.75) is 6.92 Å². The van der Waals surface area contributed by atoms with E-state index in [1.807, 2.05) is 6.92 Å². The van der Waals surface area contributed by atoms with E-state index in [1.165, 1.54) is 6.08 Å². The minimum Gasteiger partial charge on any atom is -0.477 e. The molecule has 0 aromatic rings. The number of hydrogen-bond donors (Lipinski definition) is 1. The molecule has 0 rings (SSSR count). The molecule has 0 aromatic carbocycles. The van der Waals surface area contributed by atoms with Crippen LogP contribution in [0.15, 0.2) is 22.7 Å². The highest BCUT2D eigenvalue weighted by Gasteiger charge is 1.97. The fraction of sp³-hybridized carbons (Fsp3) is 0.167. The Morgan fingerprint density at radius 3 is 2.56 bits per heavy atom. The van der Waals surface area contributed by atoms with Gasteiger partial charge >= 0.3 is 5.97 Å². The number of allylic oxidation sites excluding steroid dienone is 3. The van der Waals surface area contributed by atoms with Crippen molar-refractivity contribution in [2.24, 2.45) is 0 Å². The van der Waals surface area contributed by atoms with Crippen molar-refractivity contribution in [1.29, 1.82) is 0 Å². The van der Waals surface area contributed by atoms with Crippen molar-refractivity contribution < 1.29 is 9.90 Å². The van der Waals surface area contributed by atoms with E-state index in [9.17, 15) is 4.79 Å². The summed E-state index contributed by atoms with van der Waals surface area (Å²) < 4.78 is 0.167. The largest absolute Gasteiger partial charge is 0.477 e. The lowest BCUT2D eigenvalue weighted by atomic mass is 10.4. The lowest BCUT2D eigenvalue weighted by molar-refractivity contribution is -0.131. The van der Waals surface area contributed by atoms with E-state index in [4.69, 9.17) is 5.11 Å². The first-order chi connectivity index (χ1) is 4.18. The van der Waals surface area contributed by atoms with E-state index in [2.05, 4.69) is 15.9 Å². The molecule has 0 saturated carbocycles. The van der Waals surface area contributed by atoms with Gasteiger partial charge in [-0.25, -0.2) is 4.79 Å². The second kappa shape index (κ2) is 4.32. The van der Waals surface area contributed by atoms with Gasteiger partial charge in [-0.1, -0.05) is 12.2 Å². The predicted octanol–water partition coefficient (Wildman–Crippen LogP) is 1.93. The Hall–Kier alpha value is -0.570. The average molecular weight is 191 g/mol. The summed E-state index contributed by atoms with van der Waals surface area (Å²) in [6, 6.07) is 0. The Morgan fingerprint density at radius 2 is 2.22 bits per heavy atom. The van der Waals surface area contributed by atoms with Gasteiger partial charge in [-0.05, 0) is 28.9 Å². The van der Waals surface area contributed by atoms with Gasteiger partial charge in [-0.15, -0.1) is 0 Å². The van der Waals surface area contributed by atoms with Gasteiger partial charge in [0.05, 0.1) is 0 Å². The minimum absolute atomic E-state index is 0.167. The zero-order valence-electron chi connectivity index (χ0n) is 4.97. The fourth-order valence-corrected chi connectivity index (χ4v) is 0.405. The molecule has 50 valence electrons. The van der Waals surface area contributed by atoms with Crippen LogP contribution < -0.4 is 0 Å². The molecule has 0 fully saturated rings. The van der Waals surface area contributed by atoms with Gasteiger partial charge in [0.2, 0.25) is 0 Å². The van der Waals surface area contributed by atoms with E-state index >= 15 is 0 Å². The second-order valence-corrected chi connectivity index (χ2v) is 2.20.